The maximum Gasteiger partial charge on any atom is 0.255 e. The first-order valence-corrected chi connectivity index (χ1v) is 14.6. The molecule has 44 heavy (non-hydrogen) atoms. The molecule has 3 N–H and O–H groups in total. The number of H-pyrrole nitrogens is 1. The number of hydrogen-bond acceptors (Lipinski definition) is 8. The molecule has 3 aromatic heterocycles. The number of pyridine rings is 1. The lowest BCUT2D eigenvalue weighted by Crippen LogP contribution is -2.58. The molecular weight excluding hydrogens is 565 g/mol. The van der Waals surface area contributed by atoms with E-state index in [2.05, 4.69) is 31.0 Å². The van der Waals surface area contributed by atoms with Gasteiger partial charge in [0, 0.05) is 6.04 Å². The van der Waals surface area contributed by atoms with Crippen LogP contribution in [0, 0.1) is 11.2 Å². The van der Waals surface area contributed by atoms with Gasteiger partial charge in [-0.1, -0.05) is 18.2 Å². The Morgan fingerprint density at radius 1 is 1.09 bits per heavy atom. The molecule has 5 aromatic rings. The van der Waals surface area contributed by atoms with E-state index in [1.165, 1.54) is 6.07 Å². The zero-order chi connectivity index (χ0) is 30.5. The second-order valence-corrected chi connectivity index (χ2v) is 12.5. The first-order valence-electron chi connectivity index (χ1n) is 14.6. The Hall–Kier alpha value is -4.84. The van der Waals surface area contributed by atoms with Crippen LogP contribution in [-0.2, 0) is 0 Å². The number of halogens is 1. The van der Waals surface area contributed by atoms with Gasteiger partial charge in [0.05, 0.1) is 40.7 Å². The monoisotopic (exact) mass is 597 g/mol. The van der Waals surface area contributed by atoms with Gasteiger partial charge in [-0.3, -0.25) is 4.79 Å². The number of nitrogens with one attached hydrogen (secondary N) is 2. The predicted molar refractivity (Wildman–Crippen MR) is 159 cm³/mol. The van der Waals surface area contributed by atoms with Crippen LogP contribution in [0.25, 0.3) is 28.0 Å². The molecule has 2 saturated carbocycles. The van der Waals surface area contributed by atoms with Crippen LogP contribution in [0.5, 0.6) is 11.5 Å². The van der Waals surface area contributed by atoms with Gasteiger partial charge < -0.3 is 19.9 Å². The normalized spacial score (nSPS) is 21.1. The summed E-state index contributed by atoms with van der Waals surface area (Å²) in [5, 5.41) is 30.8. The Morgan fingerprint density at radius 3 is 2.57 bits per heavy atom. The summed E-state index contributed by atoms with van der Waals surface area (Å²) in [6, 6.07) is 16.3. The maximum absolute atomic E-state index is 14.3. The Morgan fingerprint density at radius 2 is 1.84 bits per heavy atom. The fraction of sp³-hybridized carbons (Fsp3) is 0.344. The first kappa shape index (κ1) is 28.0. The van der Waals surface area contributed by atoms with Gasteiger partial charge in [0.2, 0.25) is 0 Å². The third-order valence-corrected chi connectivity index (χ3v) is 8.40. The van der Waals surface area contributed by atoms with Crippen molar-refractivity contribution in [3.63, 3.8) is 0 Å². The minimum absolute atomic E-state index is 0.125. The molecule has 2 aliphatic carbocycles. The van der Waals surface area contributed by atoms with Gasteiger partial charge in [0.15, 0.2) is 5.82 Å². The van der Waals surface area contributed by atoms with E-state index in [4.69, 9.17) is 9.47 Å². The van der Waals surface area contributed by atoms with Crippen LogP contribution in [0.1, 0.15) is 49.9 Å². The number of benzene rings is 2. The number of tetrazole rings is 1. The summed E-state index contributed by atoms with van der Waals surface area (Å²) >= 11 is 0. The van der Waals surface area contributed by atoms with E-state index in [-0.39, 0.29) is 35.9 Å². The number of ether oxygens (including phenoxy) is 2. The molecule has 2 aliphatic rings. The molecule has 0 bridgehead atoms. The molecular formula is C32H32FN7O4. The molecule has 2 fully saturated rings. The Kier molecular flexibility index (Phi) is 6.80. The van der Waals surface area contributed by atoms with Gasteiger partial charge >= 0.3 is 0 Å². The van der Waals surface area contributed by atoms with E-state index in [1.807, 2.05) is 24.3 Å². The highest BCUT2D eigenvalue weighted by Gasteiger charge is 2.54. The number of aliphatic hydroxyl groups is 1. The van der Waals surface area contributed by atoms with Gasteiger partial charge in [-0.15, -0.1) is 5.10 Å². The summed E-state index contributed by atoms with van der Waals surface area (Å²) < 4.78 is 27.8. The summed E-state index contributed by atoms with van der Waals surface area (Å²) in [5.41, 5.74) is 2.57. The summed E-state index contributed by atoms with van der Waals surface area (Å²) in [5.74, 6) is 1.10. The second kappa shape index (κ2) is 10.7. The number of amides is 1. The third kappa shape index (κ3) is 5.60. The maximum atomic E-state index is 14.3. The average molecular weight is 598 g/mol. The minimum atomic E-state index is -0.946. The van der Waals surface area contributed by atoms with E-state index in [0.29, 0.717) is 22.4 Å². The lowest BCUT2D eigenvalue weighted by molar-refractivity contribution is -0.0833. The minimum Gasteiger partial charge on any atom is -0.490 e. The number of aromatic nitrogens is 6. The Labute approximate surface area is 252 Å². The van der Waals surface area contributed by atoms with E-state index in [0.717, 1.165) is 42.6 Å². The average Bonchev–Trinajstić information content (AvgIpc) is 3.64. The second-order valence-electron chi connectivity index (χ2n) is 12.5. The number of hydrogen-bond donors (Lipinski definition) is 3. The predicted octanol–water partition coefficient (Wildman–Crippen LogP) is 4.59. The number of rotatable bonds is 9. The van der Waals surface area contributed by atoms with Crippen molar-refractivity contribution in [1.82, 2.24) is 35.6 Å². The molecule has 2 aromatic carbocycles. The number of aromatic amines is 1. The van der Waals surface area contributed by atoms with Gasteiger partial charge in [0.1, 0.15) is 23.9 Å². The van der Waals surface area contributed by atoms with Crippen LogP contribution < -0.4 is 14.8 Å². The Bertz CT molecular complexity index is 1800. The van der Waals surface area contributed by atoms with Gasteiger partial charge in [-0.2, -0.15) is 5.10 Å². The number of nitrogens with zero attached hydrogens (tertiary/aromatic N) is 5. The molecule has 0 saturated heterocycles. The highest BCUT2D eigenvalue weighted by atomic mass is 19.1. The molecule has 11 nitrogen and oxygen atoms in total. The molecule has 0 radical (unpaired) electrons. The van der Waals surface area contributed by atoms with Crippen LogP contribution in [-0.4, -0.2) is 65.6 Å². The molecule has 226 valence electrons. The van der Waals surface area contributed by atoms with Crippen LogP contribution in [0.4, 0.5) is 4.39 Å². The van der Waals surface area contributed by atoms with Gasteiger partial charge in [0.25, 0.3) is 5.91 Å². The highest BCUT2D eigenvalue weighted by Crippen LogP contribution is 2.56. The number of carbonyl (C=O) groups excluding carboxylic acids is 1. The van der Waals surface area contributed by atoms with Crippen molar-refractivity contribution < 1.29 is 23.8 Å². The number of carbonyl (C=O) groups is 1. The smallest absolute Gasteiger partial charge is 0.255 e. The summed E-state index contributed by atoms with van der Waals surface area (Å²) in [6.07, 6.45) is 7.19. The van der Waals surface area contributed by atoms with Crippen molar-refractivity contribution in [2.75, 3.05) is 6.61 Å². The van der Waals surface area contributed by atoms with E-state index in [9.17, 15) is 14.3 Å². The summed E-state index contributed by atoms with van der Waals surface area (Å²) in [6.45, 7) is 3.50. The fourth-order valence-electron chi connectivity index (χ4n) is 6.24. The third-order valence-electron chi connectivity index (χ3n) is 8.40. The van der Waals surface area contributed by atoms with Crippen molar-refractivity contribution in [3.05, 3.63) is 78.4 Å². The van der Waals surface area contributed by atoms with E-state index in [1.54, 1.807) is 55.0 Å². The van der Waals surface area contributed by atoms with Crippen molar-refractivity contribution in [3.8, 4) is 34.0 Å². The van der Waals surface area contributed by atoms with Crippen LogP contribution in [0.3, 0.4) is 0 Å². The van der Waals surface area contributed by atoms with Crippen molar-refractivity contribution in [2.45, 2.75) is 57.3 Å². The van der Waals surface area contributed by atoms with Crippen LogP contribution >= 0.6 is 0 Å². The summed E-state index contributed by atoms with van der Waals surface area (Å²) in [4.78, 5) is 13.0. The van der Waals surface area contributed by atoms with Crippen LogP contribution in [0.2, 0.25) is 0 Å². The zero-order valence-electron chi connectivity index (χ0n) is 24.3. The fourth-order valence-corrected chi connectivity index (χ4v) is 6.24. The molecule has 0 aliphatic heterocycles. The topological polar surface area (TPSA) is 140 Å². The lowest BCUT2D eigenvalue weighted by atomic mass is 9.53. The lowest BCUT2D eigenvalue weighted by Gasteiger charge is -2.57. The molecule has 1 amide bonds. The zero-order valence-corrected chi connectivity index (χ0v) is 24.3. The van der Waals surface area contributed by atoms with Gasteiger partial charge in [-0.25, -0.2) is 14.0 Å². The summed E-state index contributed by atoms with van der Waals surface area (Å²) in [7, 11) is 0. The first-order chi connectivity index (χ1) is 21.1. The quantitative estimate of drug-likeness (QED) is 0.224. The highest BCUT2D eigenvalue weighted by molar-refractivity contribution is 6.00. The molecule has 3 heterocycles. The molecule has 0 unspecified atom stereocenters. The van der Waals surface area contributed by atoms with Crippen molar-refractivity contribution >= 4 is 11.4 Å². The standard InChI is InChI=1S/C32H32FN7O4/c1-31(2,42)18-43-23-8-10-28-26(16-34-40(28)17-23)30(41)35-21-12-32(13-21)14-24(15-32)44-22-6-3-19(4-7-22)20-5-9-27(33)25(11-20)29-36-38-39-37-29/h3-11,16-17,21,24,42H,12-15,18H2,1-2H3,(H,35,41)(H,36,37,38,39). The number of fused-ring (bicyclic) bond motifs is 1. The van der Waals surface area contributed by atoms with Crippen LogP contribution in [0.15, 0.2) is 67.0 Å². The van der Waals surface area contributed by atoms with Gasteiger partial charge in [-0.05, 0) is 103 Å². The Balaban J connectivity index is 0.895. The SMILES string of the molecule is CC(C)(O)COc1ccc2c(C(=O)NC3CC4(C3)CC(Oc3ccc(-c5ccc(F)c(-c6nnn[nH]6)c5)cc3)C4)cnn2c1. The van der Waals surface area contributed by atoms with Crippen molar-refractivity contribution in [2.24, 2.45) is 5.41 Å². The molecule has 7 rings (SSSR count). The molecule has 1 spiro atoms. The molecule has 12 heteroatoms. The molecule has 0 atom stereocenters. The van der Waals surface area contributed by atoms with E-state index < -0.39 is 11.4 Å². The van der Waals surface area contributed by atoms with E-state index >= 15 is 0 Å². The largest absolute Gasteiger partial charge is 0.490 e. The van der Waals surface area contributed by atoms with Crippen molar-refractivity contribution in [1.29, 1.82) is 0 Å².